The molecule has 0 aromatic heterocycles. The molecule has 0 radical (unpaired) electrons. The highest BCUT2D eigenvalue weighted by Gasteiger charge is 2.09. The van der Waals surface area contributed by atoms with Crippen LogP contribution in [0.5, 0.6) is 0 Å². The Hall–Kier alpha value is -1.18. The van der Waals surface area contributed by atoms with Crippen molar-refractivity contribution in [1.29, 1.82) is 0 Å². The first-order valence-corrected chi connectivity index (χ1v) is 4.78. The molecule has 1 aromatic carbocycles. The number of hydrogen-bond acceptors (Lipinski definition) is 1. The lowest BCUT2D eigenvalue weighted by atomic mass is 9.98. The molecule has 1 nitrogen and oxygen atoms in total. The molecule has 1 aromatic rings. The summed E-state index contributed by atoms with van der Waals surface area (Å²) >= 11 is 0. The summed E-state index contributed by atoms with van der Waals surface area (Å²) in [5.74, 6) is -0.0117. The minimum Gasteiger partial charge on any atom is -0.299 e. The third kappa shape index (κ3) is 2.66. The van der Waals surface area contributed by atoms with E-state index >= 15 is 0 Å². The molecule has 1 rings (SSSR count). The Bertz CT molecular complexity index is 342. The molecule has 0 bridgehead atoms. The van der Waals surface area contributed by atoms with Crippen molar-refractivity contribution in [3.8, 4) is 0 Å². The molecule has 14 heavy (non-hydrogen) atoms. The van der Waals surface area contributed by atoms with E-state index in [-0.39, 0.29) is 17.5 Å². The fourth-order valence-corrected chi connectivity index (χ4v) is 1.25. The SMILES string of the molecule is Cc1cc(F)ccc1CC(=O)C(C)C. The summed E-state index contributed by atoms with van der Waals surface area (Å²) in [5, 5.41) is 0. The second kappa shape index (κ2) is 4.36. The van der Waals surface area contributed by atoms with Crippen LogP contribution in [0.25, 0.3) is 0 Å². The summed E-state index contributed by atoms with van der Waals surface area (Å²) in [5.41, 5.74) is 1.77. The zero-order valence-electron chi connectivity index (χ0n) is 8.80. The van der Waals surface area contributed by atoms with Crippen LogP contribution in [0.1, 0.15) is 25.0 Å². The lowest BCUT2D eigenvalue weighted by Gasteiger charge is -2.07. The van der Waals surface area contributed by atoms with E-state index in [4.69, 9.17) is 0 Å². The van der Waals surface area contributed by atoms with Gasteiger partial charge in [0.1, 0.15) is 11.6 Å². The highest BCUT2D eigenvalue weighted by atomic mass is 19.1. The van der Waals surface area contributed by atoms with Gasteiger partial charge in [0.05, 0.1) is 0 Å². The summed E-state index contributed by atoms with van der Waals surface area (Å²) in [6, 6.07) is 4.55. The maximum atomic E-state index is 12.8. The van der Waals surface area contributed by atoms with Gasteiger partial charge in [-0.05, 0) is 30.2 Å². The van der Waals surface area contributed by atoms with Gasteiger partial charge in [0.15, 0.2) is 0 Å². The predicted octanol–water partition coefficient (Wildman–Crippen LogP) is 2.90. The van der Waals surface area contributed by atoms with Gasteiger partial charge in [-0.25, -0.2) is 4.39 Å². The van der Waals surface area contributed by atoms with E-state index in [2.05, 4.69) is 0 Å². The highest BCUT2D eigenvalue weighted by molar-refractivity contribution is 5.82. The minimum absolute atomic E-state index is 0.0412. The molecule has 0 unspecified atom stereocenters. The smallest absolute Gasteiger partial charge is 0.139 e. The second-order valence-electron chi connectivity index (χ2n) is 3.87. The number of halogens is 1. The summed E-state index contributed by atoms with van der Waals surface area (Å²) in [7, 11) is 0. The van der Waals surface area contributed by atoms with Crippen molar-refractivity contribution in [2.45, 2.75) is 27.2 Å². The van der Waals surface area contributed by atoms with Gasteiger partial charge < -0.3 is 0 Å². The molecule has 76 valence electrons. The first-order valence-electron chi connectivity index (χ1n) is 4.78. The molecule has 0 atom stereocenters. The number of carbonyl (C=O) groups excluding carboxylic acids is 1. The molecule has 0 fully saturated rings. The molecular weight excluding hydrogens is 179 g/mol. The van der Waals surface area contributed by atoms with Crippen LogP contribution in [0, 0.1) is 18.7 Å². The number of carbonyl (C=O) groups is 1. The van der Waals surface area contributed by atoms with Gasteiger partial charge in [-0.3, -0.25) is 4.79 Å². The van der Waals surface area contributed by atoms with Crippen LogP contribution < -0.4 is 0 Å². The van der Waals surface area contributed by atoms with Crippen LogP contribution in [0.4, 0.5) is 4.39 Å². The molecule has 0 aliphatic rings. The molecule has 0 N–H and O–H groups in total. The lowest BCUT2D eigenvalue weighted by Crippen LogP contribution is -2.11. The van der Waals surface area contributed by atoms with Crippen LogP contribution in [0.2, 0.25) is 0 Å². The maximum Gasteiger partial charge on any atom is 0.139 e. The van der Waals surface area contributed by atoms with E-state index in [1.165, 1.54) is 12.1 Å². The van der Waals surface area contributed by atoms with Gasteiger partial charge >= 0.3 is 0 Å². The Morgan fingerprint density at radius 1 is 1.43 bits per heavy atom. The molecule has 0 aliphatic carbocycles. The largest absolute Gasteiger partial charge is 0.299 e. The van der Waals surface area contributed by atoms with Crippen LogP contribution in [-0.2, 0) is 11.2 Å². The van der Waals surface area contributed by atoms with E-state index in [0.29, 0.717) is 6.42 Å². The topological polar surface area (TPSA) is 17.1 Å². The van der Waals surface area contributed by atoms with E-state index in [9.17, 15) is 9.18 Å². The zero-order chi connectivity index (χ0) is 10.7. The van der Waals surface area contributed by atoms with Gasteiger partial charge in [0.25, 0.3) is 0 Å². The Morgan fingerprint density at radius 2 is 2.07 bits per heavy atom. The highest BCUT2D eigenvalue weighted by Crippen LogP contribution is 2.12. The number of ketones is 1. The molecule has 0 amide bonds. The van der Waals surface area contributed by atoms with Crippen LogP contribution in [-0.4, -0.2) is 5.78 Å². The van der Waals surface area contributed by atoms with Crippen molar-refractivity contribution in [3.05, 3.63) is 35.1 Å². The molecule has 0 saturated carbocycles. The predicted molar refractivity (Wildman–Crippen MR) is 54.7 cm³/mol. The van der Waals surface area contributed by atoms with E-state index in [1.807, 2.05) is 20.8 Å². The number of rotatable bonds is 3. The van der Waals surface area contributed by atoms with Crippen molar-refractivity contribution in [3.63, 3.8) is 0 Å². The average Bonchev–Trinajstić information content (AvgIpc) is 2.09. The summed E-state index contributed by atoms with van der Waals surface area (Å²) in [4.78, 5) is 11.5. The standard InChI is InChI=1S/C12H15FO/c1-8(2)12(14)7-10-4-5-11(13)6-9(10)3/h4-6,8H,7H2,1-3H3. The Balaban J connectivity index is 2.82. The van der Waals surface area contributed by atoms with Crippen molar-refractivity contribution in [2.75, 3.05) is 0 Å². The third-order valence-electron chi connectivity index (χ3n) is 2.31. The van der Waals surface area contributed by atoms with E-state index in [0.717, 1.165) is 11.1 Å². The summed E-state index contributed by atoms with van der Waals surface area (Å²) in [6.07, 6.45) is 0.407. The fraction of sp³-hybridized carbons (Fsp3) is 0.417. The summed E-state index contributed by atoms with van der Waals surface area (Å²) in [6.45, 7) is 5.58. The van der Waals surface area contributed by atoms with Crippen LogP contribution in [0.15, 0.2) is 18.2 Å². The first-order chi connectivity index (χ1) is 6.50. The van der Waals surface area contributed by atoms with Crippen LogP contribution in [0.3, 0.4) is 0 Å². The van der Waals surface area contributed by atoms with Gasteiger partial charge in [-0.1, -0.05) is 19.9 Å². The fourth-order valence-electron chi connectivity index (χ4n) is 1.25. The van der Waals surface area contributed by atoms with E-state index in [1.54, 1.807) is 6.07 Å². The van der Waals surface area contributed by atoms with Gasteiger partial charge in [-0.2, -0.15) is 0 Å². The zero-order valence-corrected chi connectivity index (χ0v) is 8.80. The average molecular weight is 194 g/mol. The molecule has 0 heterocycles. The third-order valence-corrected chi connectivity index (χ3v) is 2.31. The van der Waals surface area contributed by atoms with Gasteiger partial charge in [0.2, 0.25) is 0 Å². The van der Waals surface area contributed by atoms with Crippen molar-refractivity contribution in [1.82, 2.24) is 0 Å². The molecular formula is C12H15FO. The van der Waals surface area contributed by atoms with Crippen molar-refractivity contribution >= 4 is 5.78 Å². The number of aryl methyl sites for hydroxylation is 1. The van der Waals surface area contributed by atoms with Crippen molar-refractivity contribution in [2.24, 2.45) is 5.92 Å². The molecule has 0 saturated heterocycles. The number of hydrogen-bond donors (Lipinski definition) is 0. The Morgan fingerprint density at radius 3 is 2.57 bits per heavy atom. The van der Waals surface area contributed by atoms with Gasteiger partial charge in [0, 0.05) is 12.3 Å². The maximum absolute atomic E-state index is 12.8. The quantitative estimate of drug-likeness (QED) is 0.723. The van der Waals surface area contributed by atoms with Crippen LogP contribution >= 0.6 is 0 Å². The van der Waals surface area contributed by atoms with E-state index < -0.39 is 0 Å². The van der Waals surface area contributed by atoms with Crippen molar-refractivity contribution < 1.29 is 9.18 Å². The number of benzene rings is 1. The Kier molecular flexibility index (Phi) is 3.39. The lowest BCUT2D eigenvalue weighted by molar-refractivity contribution is -0.121. The monoisotopic (exact) mass is 194 g/mol. The first kappa shape index (κ1) is 10.9. The molecule has 0 aliphatic heterocycles. The molecule has 2 heteroatoms. The summed E-state index contributed by atoms with van der Waals surface area (Å²) < 4.78 is 12.8. The Labute approximate surface area is 83.9 Å². The van der Waals surface area contributed by atoms with Gasteiger partial charge in [-0.15, -0.1) is 0 Å². The molecule has 0 spiro atoms. The number of Topliss-reactive ketones (excluding diaryl/α,β-unsaturated/α-hetero) is 1. The normalized spacial score (nSPS) is 10.6. The minimum atomic E-state index is -0.247. The second-order valence-corrected chi connectivity index (χ2v) is 3.87.